The van der Waals surface area contributed by atoms with Crippen LogP contribution in [0.15, 0.2) is 54.9 Å². The topological polar surface area (TPSA) is 51.0 Å². The van der Waals surface area contributed by atoms with Crippen molar-refractivity contribution in [3.63, 3.8) is 0 Å². The molecule has 0 radical (unpaired) electrons. The molecule has 0 N–H and O–H groups in total. The number of nitrogens with zero attached hydrogens (tertiary/aromatic N) is 4. The van der Waals surface area contributed by atoms with Crippen molar-refractivity contribution < 1.29 is 4.79 Å². The number of carbonyl (C=O) groups excluding carboxylic acids is 1. The van der Waals surface area contributed by atoms with E-state index in [2.05, 4.69) is 10.1 Å². The zero-order valence-electron chi connectivity index (χ0n) is 14.3. The van der Waals surface area contributed by atoms with E-state index in [1.165, 1.54) is 0 Å². The number of rotatable bonds is 4. The Labute approximate surface area is 157 Å². The minimum atomic E-state index is 0.104. The van der Waals surface area contributed by atoms with Gasteiger partial charge in [-0.1, -0.05) is 29.8 Å². The van der Waals surface area contributed by atoms with Crippen LogP contribution in [0, 0.1) is 0 Å². The quantitative estimate of drug-likeness (QED) is 0.713. The van der Waals surface area contributed by atoms with E-state index in [1.807, 2.05) is 58.2 Å². The largest absolute Gasteiger partial charge is 0.335 e. The molecule has 1 aliphatic rings. The molecular formula is C20H19ClN4O. The van der Waals surface area contributed by atoms with Gasteiger partial charge in [0.15, 0.2) is 0 Å². The highest BCUT2D eigenvalue weighted by Crippen LogP contribution is 2.16. The predicted molar refractivity (Wildman–Crippen MR) is 99.8 cm³/mol. The van der Waals surface area contributed by atoms with Gasteiger partial charge in [0.25, 0.3) is 0 Å². The number of hydrogen-bond donors (Lipinski definition) is 0. The summed E-state index contributed by atoms with van der Waals surface area (Å²) < 4.78 is 1.95. The van der Waals surface area contributed by atoms with Crippen molar-refractivity contribution in [3.8, 4) is 0 Å². The summed E-state index contributed by atoms with van der Waals surface area (Å²) in [7, 11) is 0. The van der Waals surface area contributed by atoms with E-state index in [0.717, 1.165) is 40.5 Å². The van der Waals surface area contributed by atoms with Crippen molar-refractivity contribution >= 4 is 17.5 Å². The lowest BCUT2D eigenvalue weighted by Crippen LogP contribution is -2.39. The van der Waals surface area contributed by atoms with Gasteiger partial charge < -0.3 is 4.90 Å². The molecule has 1 aromatic carbocycles. The smallest absolute Gasteiger partial charge is 0.229 e. The Morgan fingerprint density at radius 1 is 1.12 bits per heavy atom. The minimum absolute atomic E-state index is 0.104. The Kier molecular flexibility index (Phi) is 4.71. The monoisotopic (exact) mass is 366 g/mol. The van der Waals surface area contributed by atoms with Crippen LogP contribution in [-0.4, -0.2) is 32.1 Å². The lowest BCUT2D eigenvalue weighted by atomic mass is 10.1. The van der Waals surface area contributed by atoms with Crippen LogP contribution < -0.4 is 0 Å². The van der Waals surface area contributed by atoms with Gasteiger partial charge in [0.2, 0.25) is 5.91 Å². The van der Waals surface area contributed by atoms with Crippen LogP contribution in [0.5, 0.6) is 0 Å². The van der Waals surface area contributed by atoms with Crippen LogP contribution in [0.1, 0.15) is 22.5 Å². The zero-order chi connectivity index (χ0) is 17.9. The highest BCUT2D eigenvalue weighted by molar-refractivity contribution is 6.30. The summed E-state index contributed by atoms with van der Waals surface area (Å²) in [6.45, 7) is 2.06. The van der Waals surface area contributed by atoms with Crippen molar-refractivity contribution in [3.05, 3.63) is 82.4 Å². The van der Waals surface area contributed by atoms with Crippen LogP contribution >= 0.6 is 11.6 Å². The Morgan fingerprint density at radius 2 is 2.04 bits per heavy atom. The summed E-state index contributed by atoms with van der Waals surface area (Å²) >= 11 is 6.03. The van der Waals surface area contributed by atoms with Gasteiger partial charge in [-0.2, -0.15) is 5.10 Å². The van der Waals surface area contributed by atoms with Crippen molar-refractivity contribution in [2.75, 3.05) is 6.54 Å². The van der Waals surface area contributed by atoms with E-state index in [1.54, 1.807) is 6.20 Å². The number of carbonyl (C=O) groups is 1. The molecular weight excluding hydrogens is 348 g/mol. The molecule has 6 heteroatoms. The van der Waals surface area contributed by atoms with Crippen LogP contribution in [-0.2, 0) is 30.7 Å². The number of aromatic nitrogens is 3. The van der Waals surface area contributed by atoms with E-state index < -0.39 is 0 Å². The molecule has 3 aromatic rings. The van der Waals surface area contributed by atoms with Crippen LogP contribution in [0.3, 0.4) is 0 Å². The average molecular weight is 367 g/mol. The molecule has 0 aliphatic carbocycles. The molecule has 26 heavy (non-hydrogen) atoms. The first kappa shape index (κ1) is 16.8. The molecule has 1 aliphatic heterocycles. The van der Waals surface area contributed by atoms with Crippen LogP contribution in [0.4, 0.5) is 0 Å². The molecule has 0 saturated heterocycles. The van der Waals surface area contributed by atoms with Crippen LogP contribution in [0.25, 0.3) is 0 Å². The normalized spacial score (nSPS) is 13.5. The van der Waals surface area contributed by atoms with Gasteiger partial charge in [-0.05, 0) is 41.8 Å². The Morgan fingerprint density at radius 3 is 2.85 bits per heavy atom. The highest BCUT2D eigenvalue weighted by atomic mass is 35.5. The first-order chi connectivity index (χ1) is 12.7. The standard InChI is InChI=1S/C20H19ClN4O/c21-17-3-1-2-15(11-17)10-16-4-5-18(22-13-16)12-20(26)24-8-9-25-19(14-24)6-7-23-25/h1-7,11,13H,8-10,12,14H2. The second kappa shape index (κ2) is 7.30. The summed E-state index contributed by atoms with van der Waals surface area (Å²) in [5.74, 6) is 0.104. The molecule has 0 spiro atoms. The molecule has 0 fully saturated rings. The Balaban J connectivity index is 1.37. The molecule has 0 saturated carbocycles. The number of fused-ring (bicyclic) bond motifs is 1. The van der Waals surface area contributed by atoms with Crippen LogP contribution in [0.2, 0.25) is 5.02 Å². The third-order valence-corrected chi connectivity index (χ3v) is 4.84. The number of benzene rings is 1. The van der Waals surface area contributed by atoms with Gasteiger partial charge in [0, 0.05) is 29.7 Å². The van der Waals surface area contributed by atoms with Gasteiger partial charge in [0.1, 0.15) is 0 Å². The highest BCUT2D eigenvalue weighted by Gasteiger charge is 2.21. The lowest BCUT2D eigenvalue weighted by molar-refractivity contribution is -0.132. The van der Waals surface area contributed by atoms with E-state index >= 15 is 0 Å². The Hall–Kier alpha value is -2.66. The number of hydrogen-bond acceptors (Lipinski definition) is 3. The van der Waals surface area contributed by atoms with Crippen molar-refractivity contribution in [1.82, 2.24) is 19.7 Å². The summed E-state index contributed by atoms with van der Waals surface area (Å²) in [5, 5.41) is 4.98. The second-order valence-corrected chi connectivity index (χ2v) is 6.94. The number of halogens is 1. The van der Waals surface area contributed by atoms with E-state index in [4.69, 9.17) is 11.6 Å². The molecule has 0 atom stereocenters. The SMILES string of the molecule is O=C(Cc1ccc(Cc2cccc(Cl)c2)cn1)N1CCn2nccc2C1. The molecule has 2 aromatic heterocycles. The van der Waals surface area contributed by atoms with Crippen molar-refractivity contribution in [2.24, 2.45) is 0 Å². The van der Waals surface area contributed by atoms with E-state index in [9.17, 15) is 4.79 Å². The third-order valence-electron chi connectivity index (χ3n) is 4.61. The van der Waals surface area contributed by atoms with Crippen molar-refractivity contribution in [1.29, 1.82) is 0 Å². The molecule has 4 rings (SSSR count). The van der Waals surface area contributed by atoms with Gasteiger partial charge in [-0.3, -0.25) is 14.5 Å². The molecule has 132 valence electrons. The predicted octanol–water partition coefficient (Wildman–Crippen LogP) is 3.11. The maximum atomic E-state index is 12.6. The van der Waals surface area contributed by atoms with Gasteiger partial charge in [0.05, 0.1) is 25.2 Å². The third kappa shape index (κ3) is 3.78. The van der Waals surface area contributed by atoms with E-state index in [0.29, 0.717) is 19.5 Å². The van der Waals surface area contributed by atoms with Crippen molar-refractivity contribution in [2.45, 2.75) is 25.9 Å². The zero-order valence-corrected chi connectivity index (χ0v) is 15.1. The number of amides is 1. The fraction of sp³-hybridized carbons (Fsp3) is 0.250. The molecule has 1 amide bonds. The lowest BCUT2D eigenvalue weighted by Gasteiger charge is -2.27. The van der Waals surface area contributed by atoms with Gasteiger partial charge in [-0.15, -0.1) is 0 Å². The second-order valence-electron chi connectivity index (χ2n) is 6.50. The summed E-state index contributed by atoms with van der Waals surface area (Å²) in [5.41, 5.74) is 4.12. The van der Waals surface area contributed by atoms with Gasteiger partial charge >= 0.3 is 0 Å². The first-order valence-corrected chi connectivity index (χ1v) is 9.02. The number of pyridine rings is 1. The summed E-state index contributed by atoms with van der Waals surface area (Å²) in [4.78, 5) is 18.9. The average Bonchev–Trinajstić information content (AvgIpc) is 3.11. The molecule has 0 unspecified atom stereocenters. The minimum Gasteiger partial charge on any atom is -0.335 e. The molecule has 0 bridgehead atoms. The molecule has 5 nitrogen and oxygen atoms in total. The fourth-order valence-electron chi connectivity index (χ4n) is 3.21. The Bertz CT molecular complexity index is 920. The first-order valence-electron chi connectivity index (χ1n) is 8.64. The van der Waals surface area contributed by atoms with E-state index in [-0.39, 0.29) is 5.91 Å². The molecule has 3 heterocycles. The maximum absolute atomic E-state index is 12.6. The summed E-state index contributed by atoms with van der Waals surface area (Å²) in [6, 6.07) is 13.7. The maximum Gasteiger partial charge on any atom is 0.229 e. The van der Waals surface area contributed by atoms with Gasteiger partial charge in [-0.25, -0.2) is 0 Å². The summed E-state index contributed by atoms with van der Waals surface area (Å²) in [6.07, 6.45) is 4.72. The fourth-order valence-corrected chi connectivity index (χ4v) is 3.43.